The van der Waals surface area contributed by atoms with E-state index in [1.807, 2.05) is 40.1 Å². The molecule has 0 radical (unpaired) electrons. The Labute approximate surface area is 156 Å². The van der Waals surface area contributed by atoms with Crippen LogP contribution in [0.4, 0.5) is 0 Å². The van der Waals surface area contributed by atoms with Crippen LogP contribution < -0.4 is 4.74 Å². The van der Waals surface area contributed by atoms with Gasteiger partial charge in [-0.25, -0.2) is 0 Å². The molecule has 1 atom stereocenters. The highest BCUT2D eigenvalue weighted by atomic mass is 16.5. The first-order chi connectivity index (χ1) is 12.5. The van der Waals surface area contributed by atoms with Crippen LogP contribution in [0.3, 0.4) is 0 Å². The molecule has 0 saturated carbocycles. The third kappa shape index (κ3) is 4.02. The van der Waals surface area contributed by atoms with Crippen molar-refractivity contribution in [3.05, 3.63) is 30.3 Å². The van der Waals surface area contributed by atoms with Crippen LogP contribution in [0.5, 0.6) is 5.75 Å². The van der Waals surface area contributed by atoms with E-state index in [1.165, 1.54) is 0 Å². The molecule has 3 rings (SSSR count). The average Bonchev–Trinajstić information content (AvgIpc) is 3.07. The van der Waals surface area contributed by atoms with Crippen molar-refractivity contribution >= 4 is 11.8 Å². The Morgan fingerprint density at radius 1 is 1.19 bits per heavy atom. The number of amides is 2. The molecule has 2 saturated heterocycles. The topological polar surface area (TPSA) is 49.9 Å². The highest BCUT2D eigenvalue weighted by Gasteiger charge is 2.49. The standard InChI is InChI=1S/C21H30N2O3/c1-17(2)23-13-7-11-21(20(23)25)12-14-22(16-21)19(24)10-6-15-26-18-8-4-3-5-9-18/h3-5,8-9,17H,6-7,10-16H2,1-2H3. The Balaban J connectivity index is 1.47. The fourth-order valence-corrected chi connectivity index (χ4v) is 4.15. The minimum atomic E-state index is -0.335. The predicted octanol–water partition coefficient (Wildman–Crippen LogP) is 3.10. The molecule has 0 bridgehead atoms. The average molecular weight is 358 g/mol. The Morgan fingerprint density at radius 3 is 2.69 bits per heavy atom. The maximum atomic E-state index is 12.9. The van der Waals surface area contributed by atoms with Gasteiger partial charge in [0.25, 0.3) is 0 Å². The second kappa shape index (κ2) is 8.11. The Morgan fingerprint density at radius 2 is 1.96 bits per heavy atom. The van der Waals surface area contributed by atoms with Gasteiger partial charge < -0.3 is 14.5 Å². The van der Waals surface area contributed by atoms with E-state index in [-0.39, 0.29) is 23.3 Å². The summed E-state index contributed by atoms with van der Waals surface area (Å²) in [5, 5.41) is 0. The maximum absolute atomic E-state index is 12.9. The van der Waals surface area contributed by atoms with Crippen LogP contribution in [0.1, 0.15) is 46.0 Å². The van der Waals surface area contributed by atoms with E-state index in [9.17, 15) is 9.59 Å². The number of piperidine rings is 1. The van der Waals surface area contributed by atoms with Gasteiger partial charge in [-0.2, -0.15) is 0 Å². The summed E-state index contributed by atoms with van der Waals surface area (Å²) in [4.78, 5) is 29.4. The van der Waals surface area contributed by atoms with E-state index in [0.29, 0.717) is 32.5 Å². The van der Waals surface area contributed by atoms with Crippen LogP contribution in [0.15, 0.2) is 30.3 Å². The zero-order valence-electron chi connectivity index (χ0n) is 15.9. The van der Waals surface area contributed by atoms with E-state index in [2.05, 4.69) is 13.8 Å². The van der Waals surface area contributed by atoms with E-state index >= 15 is 0 Å². The molecular formula is C21H30N2O3. The molecule has 0 aliphatic carbocycles. The van der Waals surface area contributed by atoms with Crippen molar-refractivity contribution in [1.82, 2.24) is 9.80 Å². The van der Waals surface area contributed by atoms with Crippen LogP contribution in [0, 0.1) is 5.41 Å². The molecule has 142 valence electrons. The lowest BCUT2D eigenvalue weighted by molar-refractivity contribution is -0.148. The summed E-state index contributed by atoms with van der Waals surface area (Å²) in [6, 6.07) is 9.90. The van der Waals surface area contributed by atoms with Crippen molar-refractivity contribution < 1.29 is 14.3 Å². The fourth-order valence-electron chi connectivity index (χ4n) is 4.15. The number of hydrogen-bond donors (Lipinski definition) is 0. The third-order valence-corrected chi connectivity index (χ3v) is 5.65. The molecule has 2 amide bonds. The van der Waals surface area contributed by atoms with Gasteiger partial charge in [0.15, 0.2) is 0 Å². The minimum Gasteiger partial charge on any atom is -0.494 e. The van der Waals surface area contributed by atoms with Gasteiger partial charge >= 0.3 is 0 Å². The van der Waals surface area contributed by atoms with Crippen molar-refractivity contribution in [2.75, 3.05) is 26.2 Å². The molecular weight excluding hydrogens is 328 g/mol. The first-order valence-corrected chi connectivity index (χ1v) is 9.78. The van der Waals surface area contributed by atoms with Gasteiger partial charge in [-0.05, 0) is 51.7 Å². The summed E-state index contributed by atoms with van der Waals surface area (Å²) in [5.41, 5.74) is -0.335. The van der Waals surface area contributed by atoms with Crippen LogP contribution in [0.2, 0.25) is 0 Å². The Bertz CT molecular complexity index is 631. The van der Waals surface area contributed by atoms with Gasteiger partial charge in [-0.3, -0.25) is 9.59 Å². The number of rotatable bonds is 6. The summed E-state index contributed by atoms with van der Waals surface area (Å²) >= 11 is 0. The van der Waals surface area contributed by atoms with Gasteiger partial charge in [0.05, 0.1) is 12.0 Å². The van der Waals surface area contributed by atoms with E-state index in [4.69, 9.17) is 4.74 Å². The summed E-state index contributed by atoms with van der Waals surface area (Å²) < 4.78 is 5.65. The number of likely N-dealkylation sites (tertiary alicyclic amines) is 2. The van der Waals surface area contributed by atoms with Crippen molar-refractivity contribution in [3.8, 4) is 5.75 Å². The Kier molecular flexibility index (Phi) is 5.84. The molecule has 2 fully saturated rings. The molecule has 2 aliphatic rings. The highest BCUT2D eigenvalue weighted by molar-refractivity contribution is 5.86. The number of benzene rings is 1. The van der Waals surface area contributed by atoms with Gasteiger partial charge in [-0.1, -0.05) is 18.2 Å². The summed E-state index contributed by atoms with van der Waals surface area (Å²) in [6.07, 6.45) is 3.93. The number of hydrogen-bond acceptors (Lipinski definition) is 3. The third-order valence-electron chi connectivity index (χ3n) is 5.65. The van der Waals surface area contributed by atoms with Gasteiger partial charge in [0.2, 0.25) is 11.8 Å². The molecule has 5 heteroatoms. The summed E-state index contributed by atoms with van der Waals surface area (Å²) in [7, 11) is 0. The lowest BCUT2D eigenvalue weighted by atomic mass is 9.78. The van der Waals surface area contributed by atoms with Crippen molar-refractivity contribution in [2.45, 2.75) is 52.0 Å². The molecule has 26 heavy (non-hydrogen) atoms. The second-order valence-corrected chi connectivity index (χ2v) is 7.81. The number of carbonyl (C=O) groups is 2. The minimum absolute atomic E-state index is 0.146. The van der Waals surface area contributed by atoms with Crippen LogP contribution >= 0.6 is 0 Å². The van der Waals surface area contributed by atoms with E-state index < -0.39 is 0 Å². The van der Waals surface area contributed by atoms with Gasteiger partial charge in [-0.15, -0.1) is 0 Å². The molecule has 2 aliphatic heterocycles. The normalized spacial score (nSPS) is 23.1. The van der Waals surface area contributed by atoms with Gasteiger partial charge in [0, 0.05) is 32.1 Å². The zero-order valence-corrected chi connectivity index (χ0v) is 15.9. The number of para-hydroxylation sites is 1. The smallest absolute Gasteiger partial charge is 0.230 e. The van der Waals surface area contributed by atoms with Crippen LogP contribution in [-0.4, -0.2) is 53.9 Å². The molecule has 1 unspecified atom stereocenters. The summed E-state index contributed by atoms with van der Waals surface area (Å²) in [6.45, 7) is 6.82. The number of nitrogens with zero attached hydrogens (tertiary/aromatic N) is 2. The lowest BCUT2D eigenvalue weighted by Crippen LogP contribution is -2.52. The van der Waals surface area contributed by atoms with Crippen molar-refractivity contribution in [3.63, 3.8) is 0 Å². The lowest BCUT2D eigenvalue weighted by Gasteiger charge is -2.41. The molecule has 1 aromatic carbocycles. The molecule has 1 aromatic rings. The predicted molar refractivity (Wildman–Crippen MR) is 101 cm³/mol. The zero-order chi connectivity index (χ0) is 18.6. The first-order valence-electron chi connectivity index (χ1n) is 9.78. The summed E-state index contributed by atoms with van der Waals surface area (Å²) in [5.74, 6) is 1.23. The first kappa shape index (κ1) is 18.7. The van der Waals surface area contributed by atoms with E-state index in [0.717, 1.165) is 31.6 Å². The largest absolute Gasteiger partial charge is 0.494 e. The van der Waals surface area contributed by atoms with Crippen molar-refractivity contribution in [1.29, 1.82) is 0 Å². The van der Waals surface area contributed by atoms with Gasteiger partial charge in [0.1, 0.15) is 5.75 Å². The number of carbonyl (C=O) groups excluding carboxylic acids is 2. The SMILES string of the molecule is CC(C)N1CCCC2(CCN(C(=O)CCCOc3ccccc3)C2)C1=O. The quantitative estimate of drug-likeness (QED) is 0.734. The molecule has 1 spiro atoms. The molecule has 0 aromatic heterocycles. The van der Waals surface area contributed by atoms with Crippen molar-refractivity contribution in [2.24, 2.45) is 5.41 Å². The molecule has 0 N–H and O–H groups in total. The van der Waals surface area contributed by atoms with Crippen LogP contribution in [-0.2, 0) is 9.59 Å². The monoisotopic (exact) mass is 358 g/mol. The molecule has 5 nitrogen and oxygen atoms in total. The Hall–Kier alpha value is -2.04. The molecule has 2 heterocycles. The fraction of sp³-hybridized carbons (Fsp3) is 0.619. The van der Waals surface area contributed by atoms with Crippen LogP contribution in [0.25, 0.3) is 0 Å². The second-order valence-electron chi connectivity index (χ2n) is 7.81. The number of ether oxygens (including phenoxy) is 1. The van der Waals surface area contributed by atoms with E-state index in [1.54, 1.807) is 0 Å². The maximum Gasteiger partial charge on any atom is 0.230 e. The highest BCUT2D eigenvalue weighted by Crippen LogP contribution is 2.40.